The van der Waals surface area contributed by atoms with Gasteiger partial charge in [0.1, 0.15) is 0 Å². The van der Waals surface area contributed by atoms with Crippen LogP contribution in [0.5, 0.6) is 0 Å². The van der Waals surface area contributed by atoms with E-state index in [-0.39, 0.29) is 17.9 Å². The average Bonchev–Trinajstić information content (AvgIpc) is 2.56. The summed E-state index contributed by atoms with van der Waals surface area (Å²) in [5.41, 5.74) is 3.60. The van der Waals surface area contributed by atoms with Crippen molar-refractivity contribution >= 4 is 23.3 Å². The number of amides is 3. The second-order valence-corrected chi connectivity index (χ2v) is 5.96. The van der Waals surface area contributed by atoms with E-state index < -0.39 is 0 Å². The Morgan fingerprint density at radius 1 is 0.917 bits per heavy atom. The van der Waals surface area contributed by atoms with Crippen molar-refractivity contribution in [3.05, 3.63) is 59.7 Å². The van der Waals surface area contributed by atoms with Crippen molar-refractivity contribution < 1.29 is 9.59 Å². The third-order valence-electron chi connectivity index (χ3n) is 3.64. The summed E-state index contributed by atoms with van der Waals surface area (Å²) in [6, 6.07) is 14.7. The number of rotatable bonds is 5. The van der Waals surface area contributed by atoms with Crippen molar-refractivity contribution in [3.63, 3.8) is 0 Å². The van der Waals surface area contributed by atoms with E-state index in [1.807, 2.05) is 45.0 Å². The normalized spacial score (nSPS) is 10.3. The number of carbonyl (C=O) groups is 2. The minimum absolute atomic E-state index is 0.0355. The summed E-state index contributed by atoms with van der Waals surface area (Å²) in [6.07, 6.45) is 0. The van der Waals surface area contributed by atoms with Gasteiger partial charge in [0.15, 0.2) is 0 Å². The molecule has 3 amide bonds. The van der Waals surface area contributed by atoms with Gasteiger partial charge >= 0.3 is 6.03 Å². The standard InChI is InChI=1S/C19H23N3O2/c1-13(2)18(23)21-16-8-10-17(11-9-16)22-19(24)20-12-15-7-5-4-6-14(15)3/h4-11,13H,12H2,1-3H3,(H,21,23)(H2,20,22,24). The number of anilines is 2. The van der Waals surface area contributed by atoms with Gasteiger partial charge in [-0.3, -0.25) is 4.79 Å². The van der Waals surface area contributed by atoms with E-state index in [1.165, 1.54) is 0 Å². The molecule has 0 saturated carbocycles. The topological polar surface area (TPSA) is 70.2 Å². The smallest absolute Gasteiger partial charge is 0.319 e. The van der Waals surface area contributed by atoms with E-state index in [4.69, 9.17) is 0 Å². The van der Waals surface area contributed by atoms with Crippen LogP contribution >= 0.6 is 0 Å². The largest absolute Gasteiger partial charge is 0.334 e. The van der Waals surface area contributed by atoms with Crippen molar-refractivity contribution in [2.75, 3.05) is 10.6 Å². The number of carbonyl (C=O) groups excluding carboxylic acids is 2. The first-order valence-corrected chi connectivity index (χ1v) is 7.96. The molecule has 5 nitrogen and oxygen atoms in total. The maximum atomic E-state index is 12.0. The van der Waals surface area contributed by atoms with E-state index in [0.717, 1.165) is 11.1 Å². The van der Waals surface area contributed by atoms with Gasteiger partial charge in [0.25, 0.3) is 0 Å². The Bertz CT molecular complexity index is 709. The van der Waals surface area contributed by atoms with Gasteiger partial charge in [-0.1, -0.05) is 38.1 Å². The molecule has 24 heavy (non-hydrogen) atoms. The maximum Gasteiger partial charge on any atom is 0.319 e. The second kappa shape index (κ2) is 8.15. The van der Waals surface area contributed by atoms with Gasteiger partial charge in [-0.05, 0) is 42.3 Å². The summed E-state index contributed by atoms with van der Waals surface area (Å²) < 4.78 is 0. The van der Waals surface area contributed by atoms with Gasteiger partial charge < -0.3 is 16.0 Å². The quantitative estimate of drug-likeness (QED) is 0.780. The molecule has 0 aliphatic rings. The molecule has 5 heteroatoms. The lowest BCUT2D eigenvalue weighted by atomic mass is 10.1. The average molecular weight is 325 g/mol. The lowest BCUT2D eigenvalue weighted by molar-refractivity contribution is -0.118. The first kappa shape index (κ1) is 17.5. The summed E-state index contributed by atoms with van der Waals surface area (Å²) in [6.45, 7) is 6.16. The lowest BCUT2D eigenvalue weighted by Gasteiger charge is -2.11. The molecule has 0 heterocycles. The fraction of sp³-hybridized carbons (Fsp3) is 0.263. The molecule has 0 unspecified atom stereocenters. The van der Waals surface area contributed by atoms with E-state index in [0.29, 0.717) is 17.9 Å². The van der Waals surface area contributed by atoms with E-state index in [9.17, 15) is 9.59 Å². The van der Waals surface area contributed by atoms with Crippen molar-refractivity contribution in [2.45, 2.75) is 27.3 Å². The highest BCUT2D eigenvalue weighted by molar-refractivity contribution is 5.93. The molecule has 126 valence electrons. The number of nitrogens with one attached hydrogen (secondary N) is 3. The van der Waals surface area contributed by atoms with Gasteiger partial charge in [0, 0.05) is 23.8 Å². The SMILES string of the molecule is Cc1ccccc1CNC(=O)Nc1ccc(NC(=O)C(C)C)cc1. The third-order valence-corrected chi connectivity index (χ3v) is 3.64. The number of aryl methyl sites for hydroxylation is 1. The van der Waals surface area contributed by atoms with Crippen LogP contribution in [-0.2, 0) is 11.3 Å². The molecule has 0 atom stereocenters. The Morgan fingerprint density at radius 3 is 2.08 bits per heavy atom. The van der Waals surface area contributed by atoms with Crippen LogP contribution in [0.2, 0.25) is 0 Å². The first-order chi connectivity index (χ1) is 11.5. The second-order valence-electron chi connectivity index (χ2n) is 5.96. The van der Waals surface area contributed by atoms with E-state index in [1.54, 1.807) is 24.3 Å². The predicted octanol–water partition coefficient (Wildman–Crippen LogP) is 3.91. The molecule has 0 aliphatic carbocycles. The summed E-state index contributed by atoms with van der Waals surface area (Å²) in [7, 11) is 0. The number of hydrogen-bond donors (Lipinski definition) is 3. The highest BCUT2D eigenvalue weighted by atomic mass is 16.2. The molecule has 2 rings (SSSR count). The summed E-state index contributed by atoms with van der Waals surface area (Å²) in [5, 5.41) is 8.41. The van der Waals surface area contributed by atoms with Crippen LogP contribution in [-0.4, -0.2) is 11.9 Å². The molecule has 0 aromatic heterocycles. The molecule has 0 bridgehead atoms. The van der Waals surface area contributed by atoms with Gasteiger partial charge in [-0.25, -0.2) is 4.79 Å². The summed E-state index contributed by atoms with van der Waals surface area (Å²) >= 11 is 0. The summed E-state index contributed by atoms with van der Waals surface area (Å²) in [5.74, 6) is -0.110. The highest BCUT2D eigenvalue weighted by Gasteiger charge is 2.07. The minimum Gasteiger partial charge on any atom is -0.334 e. The zero-order chi connectivity index (χ0) is 17.5. The molecule has 0 saturated heterocycles. The maximum absolute atomic E-state index is 12.0. The molecular weight excluding hydrogens is 302 g/mol. The van der Waals surface area contributed by atoms with Crippen LogP contribution in [0.1, 0.15) is 25.0 Å². The first-order valence-electron chi connectivity index (χ1n) is 7.96. The highest BCUT2D eigenvalue weighted by Crippen LogP contribution is 2.14. The molecule has 0 fully saturated rings. The molecule has 2 aromatic rings. The van der Waals surface area contributed by atoms with Crippen LogP contribution < -0.4 is 16.0 Å². The van der Waals surface area contributed by atoms with Gasteiger partial charge in [0.05, 0.1) is 0 Å². The fourth-order valence-corrected chi connectivity index (χ4v) is 2.08. The monoisotopic (exact) mass is 325 g/mol. The molecule has 0 aliphatic heterocycles. The summed E-state index contributed by atoms with van der Waals surface area (Å²) in [4.78, 5) is 23.6. The molecule has 3 N–H and O–H groups in total. The molecule has 2 aromatic carbocycles. The molecule has 0 spiro atoms. The van der Waals surface area contributed by atoms with Gasteiger partial charge in [-0.15, -0.1) is 0 Å². The Balaban J connectivity index is 1.86. The lowest BCUT2D eigenvalue weighted by Crippen LogP contribution is -2.28. The van der Waals surface area contributed by atoms with Gasteiger partial charge in [0.2, 0.25) is 5.91 Å². The zero-order valence-corrected chi connectivity index (χ0v) is 14.2. The van der Waals surface area contributed by atoms with Crippen molar-refractivity contribution in [3.8, 4) is 0 Å². The van der Waals surface area contributed by atoms with Crippen molar-refractivity contribution in [2.24, 2.45) is 5.92 Å². The van der Waals surface area contributed by atoms with Gasteiger partial charge in [-0.2, -0.15) is 0 Å². The molecule has 0 radical (unpaired) electrons. The van der Waals surface area contributed by atoms with Crippen LogP contribution in [0.25, 0.3) is 0 Å². The van der Waals surface area contributed by atoms with E-state index in [2.05, 4.69) is 16.0 Å². The third kappa shape index (κ3) is 5.12. The Labute approximate surface area is 142 Å². The van der Waals surface area contributed by atoms with Crippen LogP contribution in [0.15, 0.2) is 48.5 Å². The number of benzene rings is 2. The predicted molar refractivity (Wildman–Crippen MR) is 96.9 cm³/mol. The fourth-order valence-electron chi connectivity index (χ4n) is 2.08. The van der Waals surface area contributed by atoms with Crippen molar-refractivity contribution in [1.82, 2.24) is 5.32 Å². The Morgan fingerprint density at radius 2 is 1.50 bits per heavy atom. The van der Waals surface area contributed by atoms with E-state index >= 15 is 0 Å². The number of urea groups is 1. The Hall–Kier alpha value is -2.82. The van der Waals surface area contributed by atoms with Crippen LogP contribution in [0, 0.1) is 12.8 Å². The minimum atomic E-state index is -0.266. The van der Waals surface area contributed by atoms with Crippen molar-refractivity contribution in [1.29, 1.82) is 0 Å². The Kier molecular flexibility index (Phi) is 5.95. The van der Waals surface area contributed by atoms with Crippen LogP contribution in [0.3, 0.4) is 0 Å². The zero-order valence-electron chi connectivity index (χ0n) is 14.2. The molecular formula is C19H23N3O2. The number of hydrogen-bond acceptors (Lipinski definition) is 2. The van der Waals surface area contributed by atoms with Crippen LogP contribution in [0.4, 0.5) is 16.2 Å².